The summed E-state index contributed by atoms with van der Waals surface area (Å²) in [5, 5.41) is 8.52. The molecule has 0 bridgehead atoms. The van der Waals surface area contributed by atoms with Crippen LogP contribution in [0.2, 0.25) is 0 Å². The first kappa shape index (κ1) is 21.5. The molecule has 0 unspecified atom stereocenters. The van der Waals surface area contributed by atoms with Gasteiger partial charge in [-0.25, -0.2) is 0 Å². The third-order valence-electron chi connectivity index (χ3n) is 3.28. The van der Waals surface area contributed by atoms with Gasteiger partial charge in [0.05, 0.1) is 12.5 Å². The summed E-state index contributed by atoms with van der Waals surface area (Å²) in [7, 11) is 3.87. The van der Waals surface area contributed by atoms with Gasteiger partial charge in [0.25, 0.3) is 0 Å². The minimum absolute atomic E-state index is 0.158. The lowest BCUT2D eigenvalue weighted by molar-refractivity contribution is -0.158. The van der Waals surface area contributed by atoms with Gasteiger partial charge in [-0.1, -0.05) is 12.1 Å². The number of amides is 1. The van der Waals surface area contributed by atoms with Crippen LogP contribution >= 0.6 is 0 Å². The molecule has 1 aromatic rings. The highest BCUT2D eigenvalue weighted by Crippen LogP contribution is 2.17. The quantitative estimate of drug-likeness (QED) is 0.628. The van der Waals surface area contributed by atoms with Crippen molar-refractivity contribution in [3.63, 3.8) is 0 Å². The Kier molecular flexibility index (Phi) is 8.65. The van der Waals surface area contributed by atoms with Crippen molar-refractivity contribution in [1.29, 1.82) is 5.26 Å². The SMILES string of the molecule is CN(C)CCOc1ccc(C=CC(=O)N(CCC#N)CC(F)(F)F)cc1. The molecule has 0 aliphatic rings. The number of carbonyl (C=O) groups is 1. The number of carbonyl (C=O) groups excluding carboxylic acids is 1. The normalized spacial score (nSPS) is 11.6. The Bertz CT molecular complexity index is 635. The molecule has 0 aliphatic heterocycles. The van der Waals surface area contributed by atoms with Gasteiger partial charge in [-0.05, 0) is 37.9 Å². The standard InChI is InChI=1S/C18H22F3N3O2/c1-23(2)12-13-26-16-7-4-15(5-8-16)6-9-17(25)24(11-3-10-22)14-18(19,20)21/h4-9H,3,11-14H2,1-2H3. The number of nitriles is 1. The molecule has 0 atom stereocenters. The summed E-state index contributed by atoms with van der Waals surface area (Å²) >= 11 is 0. The van der Waals surface area contributed by atoms with E-state index >= 15 is 0 Å². The maximum absolute atomic E-state index is 12.5. The number of nitrogens with zero attached hydrogens (tertiary/aromatic N) is 3. The Morgan fingerprint density at radius 1 is 1.23 bits per heavy atom. The topological polar surface area (TPSA) is 56.6 Å². The van der Waals surface area contributed by atoms with Gasteiger partial charge in [0.15, 0.2) is 0 Å². The number of ether oxygens (including phenoxy) is 1. The van der Waals surface area contributed by atoms with E-state index in [1.807, 2.05) is 19.0 Å². The summed E-state index contributed by atoms with van der Waals surface area (Å²) < 4.78 is 43.1. The molecule has 26 heavy (non-hydrogen) atoms. The number of rotatable bonds is 9. The second-order valence-corrected chi connectivity index (χ2v) is 5.84. The van der Waals surface area contributed by atoms with Crippen LogP contribution in [0, 0.1) is 11.3 Å². The molecule has 0 N–H and O–H groups in total. The van der Waals surface area contributed by atoms with E-state index in [1.165, 1.54) is 6.08 Å². The van der Waals surface area contributed by atoms with Crippen molar-refractivity contribution >= 4 is 12.0 Å². The molecule has 0 aromatic heterocycles. The van der Waals surface area contributed by atoms with Gasteiger partial charge in [0.2, 0.25) is 5.91 Å². The Balaban J connectivity index is 2.65. The Hall–Kier alpha value is -2.53. The first-order valence-electron chi connectivity index (χ1n) is 7.99. The van der Waals surface area contributed by atoms with Crippen LogP contribution in [0.5, 0.6) is 5.75 Å². The number of benzene rings is 1. The highest BCUT2D eigenvalue weighted by atomic mass is 19.4. The van der Waals surface area contributed by atoms with Crippen molar-refractivity contribution in [1.82, 2.24) is 9.80 Å². The van der Waals surface area contributed by atoms with Gasteiger partial charge in [-0.3, -0.25) is 4.79 Å². The minimum atomic E-state index is -4.51. The maximum atomic E-state index is 12.5. The van der Waals surface area contributed by atoms with Crippen molar-refractivity contribution in [2.75, 3.05) is 40.3 Å². The van der Waals surface area contributed by atoms with Crippen LogP contribution in [-0.4, -0.2) is 62.2 Å². The van der Waals surface area contributed by atoms with E-state index in [1.54, 1.807) is 30.3 Å². The van der Waals surface area contributed by atoms with Gasteiger partial charge < -0.3 is 14.5 Å². The summed E-state index contributed by atoms with van der Waals surface area (Å²) in [5.41, 5.74) is 0.658. The summed E-state index contributed by atoms with van der Waals surface area (Å²) in [5.74, 6) is -0.119. The average Bonchev–Trinajstić information content (AvgIpc) is 2.56. The lowest BCUT2D eigenvalue weighted by Crippen LogP contribution is -2.38. The highest BCUT2D eigenvalue weighted by Gasteiger charge is 2.32. The van der Waals surface area contributed by atoms with Crippen LogP contribution < -0.4 is 4.74 Å². The maximum Gasteiger partial charge on any atom is 0.406 e. The number of alkyl halides is 3. The lowest BCUT2D eigenvalue weighted by atomic mass is 10.2. The van der Waals surface area contributed by atoms with Gasteiger partial charge in [0, 0.05) is 19.2 Å². The summed E-state index contributed by atoms with van der Waals surface area (Å²) in [6.07, 6.45) is -2.16. The molecule has 5 nitrogen and oxygen atoms in total. The molecular formula is C18H22F3N3O2. The van der Waals surface area contributed by atoms with E-state index in [0.717, 1.165) is 12.6 Å². The van der Waals surface area contributed by atoms with Crippen molar-refractivity contribution in [3.05, 3.63) is 35.9 Å². The van der Waals surface area contributed by atoms with Crippen molar-refractivity contribution < 1.29 is 22.7 Å². The van der Waals surface area contributed by atoms with Gasteiger partial charge >= 0.3 is 6.18 Å². The molecule has 1 amide bonds. The van der Waals surface area contributed by atoms with Crippen LogP contribution in [0.25, 0.3) is 6.08 Å². The predicted molar refractivity (Wildman–Crippen MR) is 92.4 cm³/mol. The molecule has 1 aromatic carbocycles. The zero-order valence-corrected chi connectivity index (χ0v) is 14.8. The van der Waals surface area contributed by atoms with Crippen molar-refractivity contribution in [2.45, 2.75) is 12.6 Å². The second kappa shape index (κ2) is 10.5. The molecule has 0 spiro atoms. The smallest absolute Gasteiger partial charge is 0.406 e. The van der Waals surface area contributed by atoms with E-state index in [2.05, 4.69) is 0 Å². The average molecular weight is 369 g/mol. The molecule has 0 aliphatic carbocycles. The fraction of sp³-hybridized carbons (Fsp3) is 0.444. The fourth-order valence-electron chi connectivity index (χ4n) is 1.96. The summed E-state index contributed by atoms with van der Waals surface area (Å²) in [6.45, 7) is -0.339. The summed E-state index contributed by atoms with van der Waals surface area (Å²) in [4.78, 5) is 14.6. The van der Waals surface area contributed by atoms with Gasteiger partial charge in [-0.15, -0.1) is 0 Å². The number of likely N-dealkylation sites (N-methyl/N-ethyl adjacent to an activating group) is 1. The van der Waals surface area contributed by atoms with Gasteiger partial charge in [0.1, 0.15) is 18.9 Å². The van der Waals surface area contributed by atoms with E-state index in [0.29, 0.717) is 22.8 Å². The van der Waals surface area contributed by atoms with Gasteiger partial charge in [-0.2, -0.15) is 18.4 Å². The van der Waals surface area contributed by atoms with Crippen LogP contribution in [0.4, 0.5) is 13.2 Å². The predicted octanol–water partition coefficient (Wildman–Crippen LogP) is 2.94. The summed E-state index contributed by atoms with van der Waals surface area (Å²) in [6, 6.07) is 8.60. The van der Waals surface area contributed by atoms with Crippen molar-refractivity contribution in [2.24, 2.45) is 0 Å². The fourth-order valence-corrected chi connectivity index (χ4v) is 1.96. The van der Waals surface area contributed by atoms with E-state index < -0.39 is 18.6 Å². The number of hydrogen-bond donors (Lipinski definition) is 0. The second-order valence-electron chi connectivity index (χ2n) is 5.84. The molecule has 0 saturated carbocycles. The highest BCUT2D eigenvalue weighted by molar-refractivity contribution is 5.91. The minimum Gasteiger partial charge on any atom is -0.492 e. The van der Waals surface area contributed by atoms with E-state index in [9.17, 15) is 18.0 Å². The Morgan fingerprint density at radius 2 is 1.88 bits per heavy atom. The molecule has 0 radical (unpaired) electrons. The van der Waals surface area contributed by atoms with Crippen LogP contribution in [-0.2, 0) is 4.79 Å². The van der Waals surface area contributed by atoms with E-state index in [4.69, 9.17) is 10.00 Å². The first-order valence-corrected chi connectivity index (χ1v) is 7.99. The molecule has 8 heteroatoms. The first-order chi connectivity index (χ1) is 12.2. The monoisotopic (exact) mass is 369 g/mol. The number of halogens is 3. The van der Waals surface area contributed by atoms with Crippen LogP contribution in [0.1, 0.15) is 12.0 Å². The molecule has 1 rings (SSSR count). The molecule has 0 heterocycles. The zero-order valence-electron chi connectivity index (χ0n) is 14.8. The largest absolute Gasteiger partial charge is 0.492 e. The Morgan fingerprint density at radius 3 is 2.42 bits per heavy atom. The molecular weight excluding hydrogens is 347 g/mol. The van der Waals surface area contributed by atoms with Crippen LogP contribution in [0.3, 0.4) is 0 Å². The zero-order chi connectivity index (χ0) is 19.6. The Labute approximate surface area is 151 Å². The van der Waals surface area contributed by atoms with Crippen LogP contribution in [0.15, 0.2) is 30.3 Å². The van der Waals surface area contributed by atoms with Crippen molar-refractivity contribution in [3.8, 4) is 11.8 Å². The third-order valence-corrected chi connectivity index (χ3v) is 3.28. The lowest BCUT2D eigenvalue weighted by Gasteiger charge is -2.21. The molecule has 142 valence electrons. The third kappa shape index (κ3) is 9.08. The van der Waals surface area contributed by atoms with E-state index in [-0.39, 0.29) is 13.0 Å². The molecule has 0 saturated heterocycles. The molecule has 0 fully saturated rings. The number of hydrogen-bond acceptors (Lipinski definition) is 4.